The van der Waals surface area contributed by atoms with Crippen LogP contribution in [0.5, 0.6) is 5.75 Å². The maximum atomic E-state index is 13.0. The molecule has 0 aliphatic carbocycles. The number of methoxy groups -OCH3 is 1. The van der Waals surface area contributed by atoms with Crippen LogP contribution < -0.4 is 15.6 Å². The molecular formula is C22H21BrN2O4. The summed E-state index contributed by atoms with van der Waals surface area (Å²) in [5.41, 5.74) is 1.81. The van der Waals surface area contributed by atoms with Crippen LogP contribution in [0.15, 0.2) is 62.4 Å². The third-order valence-corrected chi connectivity index (χ3v) is 5.27. The SMILES string of the molecule is COc1ccccc1N=c1oc2ccc(Br)cc2cc1C(=O)NCC1CCCO1. The standard InChI is InChI=1S/C22H21BrN2O4/c1-27-20-7-3-2-6-18(20)25-22-17(21(26)24-13-16-5-4-10-28-16)12-14-11-15(23)8-9-19(14)29-22/h2-3,6-9,11-12,16H,4-5,10,13H2,1H3,(H,24,26). The number of halogens is 1. The number of amides is 1. The van der Waals surface area contributed by atoms with Crippen molar-refractivity contribution in [1.29, 1.82) is 0 Å². The molecule has 1 fully saturated rings. The zero-order chi connectivity index (χ0) is 20.2. The predicted molar refractivity (Wildman–Crippen MR) is 113 cm³/mol. The van der Waals surface area contributed by atoms with Crippen LogP contribution in [0.3, 0.4) is 0 Å². The van der Waals surface area contributed by atoms with Crippen molar-refractivity contribution in [2.45, 2.75) is 18.9 Å². The summed E-state index contributed by atoms with van der Waals surface area (Å²) in [6.07, 6.45) is 2.03. The van der Waals surface area contributed by atoms with Crippen LogP contribution >= 0.6 is 15.9 Å². The molecule has 1 aromatic heterocycles. The van der Waals surface area contributed by atoms with E-state index in [1.807, 2.05) is 42.5 Å². The number of rotatable bonds is 5. The van der Waals surface area contributed by atoms with Gasteiger partial charge in [-0.25, -0.2) is 4.99 Å². The minimum absolute atomic E-state index is 0.0556. The Morgan fingerprint density at radius 3 is 2.93 bits per heavy atom. The van der Waals surface area contributed by atoms with Gasteiger partial charge in [-0.1, -0.05) is 28.1 Å². The minimum atomic E-state index is -0.250. The number of hydrogen-bond donors (Lipinski definition) is 1. The Hall–Kier alpha value is -2.64. The maximum Gasteiger partial charge on any atom is 0.256 e. The molecule has 2 aromatic carbocycles. The van der Waals surface area contributed by atoms with Gasteiger partial charge in [0.15, 0.2) is 0 Å². The van der Waals surface area contributed by atoms with Crippen molar-refractivity contribution in [2.24, 2.45) is 4.99 Å². The van der Waals surface area contributed by atoms with E-state index >= 15 is 0 Å². The first-order valence-corrected chi connectivity index (χ1v) is 10.2. The fourth-order valence-electron chi connectivity index (χ4n) is 3.29. The third-order valence-electron chi connectivity index (χ3n) is 4.77. The normalized spacial score (nSPS) is 16.9. The van der Waals surface area contributed by atoms with E-state index in [1.165, 1.54) is 0 Å². The lowest BCUT2D eigenvalue weighted by Crippen LogP contribution is -2.34. The topological polar surface area (TPSA) is 73.1 Å². The highest BCUT2D eigenvalue weighted by Crippen LogP contribution is 2.26. The van der Waals surface area contributed by atoms with Gasteiger partial charge in [0, 0.05) is 23.0 Å². The molecule has 3 aromatic rings. The molecule has 4 rings (SSSR count). The second kappa shape index (κ2) is 8.80. The average molecular weight is 457 g/mol. The lowest BCUT2D eigenvalue weighted by Gasteiger charge is -2.11. The van der Waals surface area contributed by atoms with E-state index in [1.54, 1.807) is 13.2 Å². The summed E-state index contributed by atoms with van der Waals surface area (Å²) in [5.74, 6) is 0.351. The van der Waals surface area contributed by atoms with Crippen molar-refractivity contribution in [3.63, 3.8) is 0 Å². The highest BCUT2D eigenvalue weighted by molar-refractivity contribution is 9.10. The number of para-hydroxylation sites is 2. The van der Waals surface area contributed by atoms with E-state index in [0.717, 1.165) is 29.3 Å². The summed E-state index contributed by atoms with van der Waals surface area (Å²) >= 11 is 3.46. The Morgan fingerprint density at radius 1 is 1.28 bits per heavy atom. The van der Waals surface area contributed by atoms with E-state index in [9.17, 15) is 4.79 Å². The van der Waals surface area contributed by atoms with Gasteiger partial charge in [0.2, 0.25) is 5.55 Å². The van der Waals surface area contributed by atoms with Crippen LogP contribution in [0, 0.1) is 0 Å². The van der Waals surface area contributed by atoms with Crippen LogP contribution in [-0.2, 0) is 4.74 Å². The van der Waals surface area contributed by atoms with Gasteiger partial charge in [0.25, 0.3) is 5.91 Å². The summed E-state index contributed by atoms with van der Waals surface area (Å²) in [7, 11) is 1.58. The second-order valence-corrected chi connectivity index (χ2v) is 7.69. The first kappa shape index (κ1) is 19.7. The molecule has 1 saturated heterocycles. The van der Waals surface area contributed by atoms with Crippen molar-refractivity contribution in [3.8, 4) is 5.75 Å². The number of ether oxygens (including phenoxy) is 2. The molecule has 2 heterocycles. The number of hydrogen-bond acceptors (Lipinski definition) is 5. The molecule has 7 heteroatoms. The summed E-state index contributed by atoms with van der Waals surface area (Å²) in [5, 5.41) is 3.75. The Morgan fingerprint density at radius 2 is 2.14 bits per heavy atom. The Kier molecular flexibility index (Phi) is 5.97. The summed E-state index contributed by atoms with van der Waals surface area (Å²) < 4.78 is 17.9. The molecule has 0 radical (unpaired) electrons. The smallest absolute Gasteiger partial charge is 0.256 e. The molecule has 1 atom stereocenters. The quantitative estimate of drug-likeness (QED) is 0.619. The summed E-state index contributed by atoms with van der Waals surface area (Å²) in [6, 6.07) is 14.8. The van der Waals surface area contributed by atoms with Crippen LogP contribution in [0.25, 0.3) is 11.0 Å². The van der Waals surface area contributed by atoms with Crippen LogP contribution in [0.1, 0.15) is 23.2 Å². The number of carbonyl (C=O) groups is 1. The first-order valence-electron chi connectivity index (χ1n) is 9.45. The minimum Gasteiger partial charge on any atom is -0.494 e. The van der Waals surface area contributed by atoms with Crippen molar-refractivity contribution in [2.75, 3.05) is 20.3 Å². The molecule has 150 valence electrons. The highest BCUT2D eigenvalue weighted by atomic mass is 79.9. The lowest BCUT2D eigenvalue weighted by molar-refractivity contribution is 0.0854. The van der Waals surface area contributed by atoms with E-state index in [4.69, 9.17) is 13.9 Å². The largest absolute Gasteiger partial charge is 0.494 e. The molecule has 0 bridgehead atoms. The fourth-order valence-corrected chi connectivity index (χ4v) is 3.66. The first-order chi connectivity index (χ1) is 14.1. The lowest BCUT2D eigenvalue weighted by atomic mass is 10.1. The van der Waals surface area contributed by atoms with E-state index < -0.39 is 0 Å². The van der Waals surface area contributed by atoms with Gasteiger partial charge in [-0.15, -0.1) is 0 Å². The van der Waals surface area contributed by atoms with E-state index in [0.29, 0.717) is 29.1 Å². The zero-order valence-corrected chi connectivity index (χ0v) is 17.6. The van der Waals surface area contributed by atoms with E-state index in [2.05, 4.69) is 26.2 Å². The zero-order valence-electron chi connectivity index (χ0n) is 16.0. The van der Waals surface area contributed by atoms with Gasteiger partial charge in [0.05, 0.1) is 13.2 Å². The van der Waals surface area contributed by atoms with Crippen molar-refractivity contribution >= 4 is 38.5 Å². The van der Waals surface area contributed by atoms with Gasteiger partial charge in [0.1, 0.15) is 22.6 Å². The second-order valence-electron chi connectivity index (χ2n) is 6.78. The molecule has 1 aliphatic heterocycles. The van der Waals surface area contributed by atoms with Crippen LogP contribution in [0.4, 0.5) is 5.69 Å². The van der Waals surface area contributed by atoms with Gasteiger partial charge < -0.3 is 19.2 Å². The predicted octanol–water partition coefficient (Wildman–Crippen LogP) is 4.35. The Bertz CT molecular complexity index is 1100. The van der Waals surface area contributed by atoms with Crippen molar-refractivity contribution < 1.29 is 18.7 Å². The molecule has 1 unspecified atom stereocenters. The van der Waals surface area contributed by atoms with Crippen LogP contribution in [-0.4, -0.2) is 32.3 Å². The number of benzene rings is 2. The molecule has 6 nitrogen and oxygen atoms in total. The molecule has 1 amide bonds. The average Bonchev–Trinajstić information content (AvgIpc) is 3.26. The Labute approximate surface area is 176 Å². The molecule has 29 heavy (non-hydrogen) atoms. The number of carbonyl (C=O) groups excluding carboxylic acids is 1. The van der Waals surface area contributed by atoms with Gasteiger partial charge in [-0.3, -0.25) is 4.79 Å². The van der Waals surface area contributed by atoms with Gasteiger partial charge in [-0.05, 0) is 49.2 Å². The molecule has 0 saturated carbocycles. The van der Waals surface area contributed by atoms with Crippen LogP contribution in [0.2, 0.25) is 0 Å². The van der Waals surface area contributed by atoms with Gasteiger partial charge >= 0.3 is 0 Å². The Balaban J connectivity index is 1.78. The molecule has 1 N–H and O–H groups in total. The number of fused-ring (bicyclic) bond motifs is 1. The van der Waals surface area contributed by atoms with Crippen molar-refractivity contribution in [3.05, 3.63) is 64.1 Å². The molecule has 1 aliphatic rings. The number of nitrogens with zero attached hydrogens (tertiary/aromatic N) is 1. The summed E-state index contributed by atoms with van der Waals surface area (Å²) in [6.45, 7) is 1.21. The molecular weight excluding hydrogens is 436 g/mol. The maximum absolute atomic E-state index is 13.0. The third kappa shape index (κ3) is 4.52. The monoisotopic (exact) mass is 456 g/mol. The van der Waals surface area contributed by atoms with Crippen molar-refractivity contribution in [1.82, 2.24) is 5.32 Å². The summed E-state index contributed by atoms with van der Waals surface area (Å²) in [4.78, 5) is 17.6. The highest BCUT2D eigenvalue weighted by Gasteiger charge is 2.19. The number of nitrogens with one attached hydrogen (secondary N) is 1. The fraction of sp³-hybridized carbons (Fsp3) is 0.273. The van der Waals surface area contributed by atoms with Gasteiger partial charge in [-0.2, -0.15) is 0 Å². The van der Waals surface area contributed by atoms with E-state index in [-0.39, 0.29) is 17.6 Å². The molecule has 0 spiro atoms.